The molecule has 0 amide bonds. The van der Waals surface area contributed by atoms with Crippen LogP contribution < -0.4 is 40.9 Å². The Bertz CT molecular complexity index is 6430. The zero-order chi connectivity index (χ0) is 85.5. The molecular formula is C92H91Br3FN25O2+2. The molecule has 1 aliphatic carbocycles. The van der Waals surface area contributed by atoms with Crippen molar-refractivity contribution in [3.63, 3.8) is 0 Å². The van der Waals surface area contributed by atoms with Gasteiger partial charge in [-0.25, -0.2) is 29.3 Å². The first-order chi connectivity index (χ1) is 59.7. The quantitative estimate of drug-likeness (QED) is 0.0271. The van der Waals surface area contributed by atoms with Gasteiger partial charge >= 0.3 is 0 Å². The normalized spacial score (nSPS) is 11.8. The van der Waals surface area contributed by atoms with Gasteiger partial charge in [0.05, 0.1) is 67.2 Å². The summed E-state index contributed by atoms with van der Waals surface area (Å²) < 4.78 is 28.5. The van der Waals surface area contributed by atoms with Gasteiger partial charge in [0, 0.05) is 172 Å². The van der Waals surface area contributed by atoms with Crippen molar-refractivity contribution < 1.29 is 23.9 Å². The van der Waals surface area contributed by atoms with Crippen LogP contribution in [0.3, 0.4) is 0 Å². The van der Waals surface area contributed by atoms with E-state index >= 15 is 0 Å². The van der Waals surface area contributed by atoms with Crippen LogP contribution in [0.5, 0.6) is 0 Å². The molecule has 6 N–H and O–H groups in total. The van der Waals surface area contributed by atoms with E-state index in [0.717, 1.165) is 126 Å². The largest absolute Gasteiger partial charge is 0.366 e. The Hall–Kier alpha value is -13.5. The van der Waals surface area contributed by atoms with Gasteiger partial charge in [0.1, 0.15) is 42.0 Å². The predicted octanol–water partition coefficient (Wildman–Crippen LogP) is 18.6. The number of rotatable bonds is 22. The van der Waals surface area contributed by atoms with Crippen LogP contribution in [0.1, 0.15) is 129 Å². The highest BCUT2D eigenvalue weighted by atomic mass is 79.9. The summed E-state index contributed by atoms with van der Waals surface area (Å²) in [6.07, 6.45) is 29.3. The van der Waals surface area contributed by atoms with E-state index in [0.29, 0.717) is 73.2 Å². The number of benzene rings is 3. The molecule has 0 radical (unpaired) electrons. The number of pyridine rings is 5. The highest BCUT2D eigenvalue weighted by Crippen LogP contribution is 2.43. The van der Waals surface area contributed by atoms with Crippen molar-refractivity contribution in [1.29, 1.82) is 0 Å². The van der Waals surface area contributed by atoms with Crippen molar-refractivity contribution in [2.75, 3.05) is 33.7 Å². The van der Waals surface area contributed by atoms with E-state index in [4.69, 9.17) is 19.8 Å². The summed E-state index contributed by atoms with van der Waals surface area (Å²) in [4.78, 5) is 41.3. The summed E-state index contributed by atoms with van der Waals surface area (Å²) in [7, 11) is 1.64. The van der Waals surface area contributed by atoms with Crippen LogP contribution in [0, 0.1) is 5.82 Å². The molecule has 1 saturated carbocycles. The van der Waals surface area contributed by atoms with Crippen LogP contribution >= 0.6 is 47.8 Å². The lowest BCUT2D eigenvalue weighted by Gasteiger charge is -2.19. The number of nitrogens with zero attached hydrogens (tertiary/aromatic N) is 20. The minimum Gasteiger partial charge on any atom is -0.366 e. The van der Waals surface area contributed by atoms with Gasteiger partial charge in [-0.05, 0) is 143 Å². The fourth-order valence-electron chi connectivity index (χ4n) is 13.3. The highest BCUT2D eigenvalue weighted by Gasteiger charge is 2.29. The molecule has 15 aromatic heterocycles. The van der Waals surface area contributed by atoms with E-state index in [2.05, 4.69) is 228 Å². The monoisotopic (exact) mass is 1830 g/mol. The van der Waals surface area contributed by atoms with Crippen molar-refractivity contribution in [1.82, 2.24) is 87.9 Å². The lowest BCUT2D eigenvalue weighted by Crippen LogP contribution is -2.40. The van der Waals surface area contributed by atoms with Crippen LogP contribution in [0.2, 0.25) is 0 Å². The van der Waals surface area contributed by atoms with Crippen molar-refractivity contribution in [2.24, 2.45) is 0 Å². The summed E-state index contributed by atoms with van der Waals surface area (Å²) >= 11 is 10.5. The molecule has 3 aromatic carbocycles. The molecule has 15 heterocycles. The zero-order valence-corrected chi connectivity index (χ0v) is 73.7. The predicted molar refractivity (Wildman–Crippen MR) is 485 cm³/mol. The lowest BCUT2D eigenvalue weighted by molar-refractivity contribution is -0.904. The molecule has 0 atom stereocenters. The second kappa shape index (κ2) is 38.9. The smallest absolute Gasteiger partial charge is 0.227 e. The first kappa shape index (κ1) is 84.5. The number of nitrogens with one attached hydrogen (secondary N) is 5. The Balaban J connectivity index is 0.000000119. The Morgan fingerprint density at radius 1 is 0.439 bits per heavy atom. The van der Waals surface area contributed by atoms with E-state index in [1.165, 1.54) is 30.0 Å². The Morgan fingerprint density at radius 3 is 1.42 bits per heavy atom. The van der Waals surface area contributed by atoms with Gasteiger partial charge in [-0.1, -0.05) is 133 Å². The van der Waals surface area contributed by atoms with Gasteiger partial charge in [-0.3, -0.25) is 25.0 Å². The maximum Gasteiger partial charge on any atom is 0.227 e. The minimum atomic E-state index is -0.332. The average Bonchev–Trinajstić information content (AvgIpc) is 1.64. The zero-order valence-electron chi connectivity index (χ0n) is 68.9. The molecule has 0 bridgehead atoms. The third kappa shape index (κ3) is 20.9. The Morgan fingerprint density at radius 2 is 0.894 bits per heavy atom. The van der Waals surface area contributed by atoms with Gasteiger partial charge in [-0.15, -0.1) is 0 Å². The summed E-state index contributed by atoms with van der Waals surface area (Å²) in [6, 6.07) is 56.6. The van der Waals surface area contributed by atoms with Crippen LogP contribution in [0.25, 0.3) is 62.0 Å². The summed E-state index contributed by atoms with van der Waals surface area (Å²) in [5.74, 6) is 5.37. The molecular weight excluding hydrogens is 1750 g/mol. The Kier molecular flexibility index (Phi) is 26.7. The molecule has 31 heteroatoms. The van der Waals surface area contributed by atoms with Crippen LogP contribution in [0.4, 0.5) is 33.5 Å². The second-order valence-electron chi connectivity index (χ2n) is 30.8. The molecule has 27 nitrogen and oxygen atoms in total. The van der Waals surface area contributed by atoms with Gasteiger partial charge in [-0.2, -0.15) is 48.1 Å². The number of halogens is 4. The molecule has 0 aliphatic heterocycles. The third-order valence-corrected chi connectivity index (χ3v) is 21.8. The number of fused-ring (bicyclic) bond motifs is 5. The van der Waals surface area contributed by atoms with E-state index < -0.39 is 0 Å². The SMILES string of the molecule is CC(C)(C)c1cc(NCc2ccncc2)n2ncc(Br)c2n1.CC(C)c1cnn2c(NCc3cccnc3)cc(-c3ccccc3)nc12.CO[n+]1cccc(CNc2cc(C(C)C)nc3c(Br)cnn23)c1.O[n+]1ccc(CNc2cc(-c3ccccc3F)nc3c(Br)cnn23)cc1.c1ccc(-c2cc(NCc3cccnc3)n3ncc(C4CC4)c3n2)cc1. The molecule has 123 heavy (non-hydrogen) atoms. The molecule has 19 rings (SSSR count). The molecule has 18 aromatic rings. The maximum atomic E-state index is 14.2. The number of hydrogen-bond donors (Lipinski definition) is 6. The second-order valence-corrected chi connectivity index (χ2v) is 33.3. The van der Waals surface area contributed by atoms with Gasteiger partial charge in [0.2, 0.25) is 24.8 Å². The number of aromatic nitrogens is 20. The van der Waals surface area contributed by atoms with E-state index in [9.17, 15) is 9.60 Å². The molecule has 622 valence electrons. The Labute approximate surface area is 735 Å². The summed E-state index contributed by atoms with van der Waals surface area (Å²) in [5.41, 5.74) is 19.1. The van der Waals surface area contributed by atoms with Gasteiger partial charge in [0.15, 0.2) is 28.2 Å². The van der Waals surface area contributed by atoms with Gasteiger partial charge in [0.25, 0.3) is 0 Å². The summed E-state index contributed by atoms with van der Waals surface area (Å²) in [5, 5.41) is 48.7. The van der Waals surface area contributed by atoms with Crippen LogP contribution in [-0.4, -0.2) is 100 Å². The standard InChI is InChI=1S/C21H19N5.C21H21N5.C18H14BrFN5O.C16H19BrN5O.C16H18BrN5/c1-2-6-17(7-3-1)19-11-20(23-13-15-5-4-10-22-12-15)26-21(25-19)18(14-24-26)16-8-9-16;1-15(2)18-14-24-26-20(23-13-16-7-6-10-22-12-16)11-19(25-21(18)26)17-8-4-3-5-9-17;19-14-11-22-25-17(21-10-12-5-7-24(26)8-6-12)9-16(23-18(14)25)13-3-1-2-4-15(13)20;1-11(2)14-7-15(22-16(20-14)13(17)9-19-22)18-8-12-5-4-6-21(10-12)23-3;1-16(2,3)13-8-14(19-9-11-4-6-18-7-5-11)22-15(21-13)12(17)10-20-22/h1-7,10-12,14,16,23H,8-9,13H2;3-12,14-15,23H,13H2,1-2H3;1-9,11,21,26H,10H2;4-7,9-11,18H,8H2,1-3H3;4-8,10,19H,9H2,1-3H3/q;;2*+1;. The lowest BCUT2D eigenvalue weighted by atomic mass is 9.92. The van der Waals surface area contributed by atoms with E-state index in [1.807, 2.05) is 134 Å². The van der Waals surface area contributed by atoms with Crippen molar-refractivity contribution in [2.45, 2.75) is 117 Å². The molecule has 0 saturated heterocycles. The average molecular weight is 1840 g/mol. The van der Waals surface area contributed by atoms with Gasteiger partial charge < -0.3 is 26.6 Å². The van der Waals surface area contributed by atoms with Crippen LogP contribution in [-0.2, 0) is 38.1 Å². The van der Waals surface area contributed by atoms with E-state index in [-0.39, 0.29) is 11.2 Å². The highest BCUT2D eigenvalue weighted by molar-refractivity contribution is 9.11. The first-order valence-electron chi connectivity index (χ1n) is 40.1. The third-order valence-electron chi connectivity index (χ3n) is 20.1. The molecule has 1 aliphatic rings. The maximum absolute atomic E-state index is 14.2. The van der Waals surface area contributed by atoms with E-state index in [1.54, 1.807) is 109 Å². The first-order valence-corrected chi connectivity index (χ1v) is 42.5. The number of hydrogen-bond acceptors (Lipinski definition) is 20. The van der Waals surface area contributed by atoms with Crippen molar-refractivity contribution >= 4 is 105 Å². The molecule has 0 unspecified atom stereocenters. The summed E-state index contributed by atoms with van der Waals surface area (Å²) in [6.45, 7) is 18.3. The number of anilines is 5. The van der Waals surface area contributed by atoms with Crippen molar-refractivity contribution in [3.8, 4) is 33.8 Å². The van der Waals surface area contributed by atoms with Crippen molar-refractivity contribution in [3.05, 3.63) is 338 Å². The van der Waals surface area contributed by atoms with Crippen LogP contribution in [0.15, 0.2) is 282 Å². The topological polar surface area (TPSA) is 287 Å². The molecule has 1 fully saturated rings. The fraction of sp³-hybridized carbons (Fsp3) is 0.207. The minimum absolute atomic E-state index is 0.0292. The fourth-order valence-corrected chi connectivity index (χ4v) is 14.3. The molecule has 0 spiro atoms.